The number of hydrogen-bond donors (Lipinski definition) is 2. The van der Waals surface area contributed by atoms with E-state index >= 15 is 0 Å². The van der Waals surface area contributed by atoms with Gasteiger partial charge in [-0.3, -0.25) is 0 Å². The molecule has 0 aliphatic carbocycles. The van der Waals surface area contributed by atoms with Gasteiger partial charge in [0.25, 0.3) is 0 Å². The first kappa shape index (κ1) is 26.0. The van der Waals surface area contributed by atoms with Crippen molar-refractivity contribution in [1.29, 1.82) is 0 Å². The standard InChI is InChI=1S/C27H42O3P/c1-9-25(4,5)22-18-17-21(24(19-22)26(6,7)10-2)20-27(8,11-3)30-31(28,29)23-15-13-12-14-16-23/h12-19,28-29H,9-11,20H2,1-8H3/q+1. The molecule has 172 valence electrons. The molecule has 1 atom stereocenters. The van der Waals surface area contributed by atoms with Crippen molar-refractivity contribution >= 4 is 13.2 Å². The van der Waals surface area contributed by atoms with Crippen LogP contribution >= 0.6 is 7.94 Å². The molecule has 0 aliphatic heterocycles. The first-order valence-corrected chi connectivity index (χ1v) is 13.2. The summed E-state index contributed by atoms with van der Waals surface area (Å²) in [5, 5.41) is 0.448. The van der Waals surface area contributed by atoms with Gasteiger partial charge in [-0.2, -0.15) is 14.3 Å². The Morgan fingerprint density at radius 1 is 0.774 bits per heavy atom. The van der Waals surface area contributed by atoms with Crippen molar-refractivity contribution in [2.45, 2.75) is 97.5 Å². The molecule has 0 aliphatic rings. The van der Waals surface area contributed by atoms with Crippen LogP contribution in [0.15, 0.2) is 48.5 Å². The third kappa shape index (κ3) is 6.17. The van der Waals surface area contributed by atoms with Gasteiger partial charge in [-0.15, -0.1) is 0 Å². The van der Waals surface area contributed by atoms with E-state index in [1.807, 2.05) is 19.9 Å². The zero-order valence-electron chi connectivity index (χ0n) is 20.7. The molecule has 0 heterocycles. The maximum Gasteiger partial charge on any atom is 0.444 e. The second kappa shape index (κ2) is 9.71. The number of benzene rings is 2. The maximum absolute atomic E-state index is 10.8. The summed E-state index contributed by atoms with van der Waals surface area (Å²) in [5.41, 5.74) is 3.36. The minimum Gasteiger partial charge on any atom is -0.188 e. The maximum atomic E-state index is 10.8. The lowest BCUT2D eigenvalue weighted by Gasteiger charge is -2.34. The van der Waals surface area contributed by atoms with Gasteiger partial charge in [0.15, 0.2) is 5.30 Å². The van der Waals surface area contributed by atoms with Crippen LogP contribution in [-0.4, -0.2) is 15.4 Å². The smallest absolute Gasteiger partial charge is 0.188 e. The second-order valence-electron chi connectivity index (χ2n) is 10.3. The van der Waals surface area contributed by atoms with E-state index in [4.69, 9.17) is 4.52 Å². The molecule has 0 aromatic heterocycles. The van der Waals surface area contributed by atoms with Crippen molar-refractivity contribution in [3.8, 4) is 0 Å². The average Bonchev–Trinajstić information content (AvgIpc) is 2.74. The fraction of sp³-hybridized carbons (Fsp3) is 0.556. The third-order valence-corrected chi connectivity index (χ3v) is 8.81. The Hall–Kier alpha value is -1.25. The van der Waals surface area contributed by atoms with Crippen molar-refractivity contribution in [3.63, 3.8) is 0 Å². The van der Waals surface area contributed by atoms with E-state index in [2.05, 4.69) is 59.7 Å². The Labute approximate surface area is 190 Å². The van der Waals surface area contributed by atoms with Gasteiger partial charge in [-0.25, -0.2) is 0 Å². The van der Waals surface area contributed by atoms with E-state index in [0.717, 1.165) is 12.8 Å². The lowest BCUT2D eigenvalue weighted by molar-refractivity contribution is 0.0610. The van der Waals surface area contributed by atoms with Gasteiger partial charge in [0, 0.05) is 6.42 Å². The highest BCUT2D eigenvalue weighted by Gasteiger charge is 2.47. The molecular weight excluding hydrogens is 403 g/mol. The van der Waals surface area contributed by atoms with Gasteiger partial charge in [-0.1, -0.05) is 84.9 Å². The van der Waals surface area contributed by atoms with E-state index in [0.29, 0.717) is 18.1 Å². The van der Waals surface area contributed by atoms with Gasteiger partial charge in [0.05, 0.1) is 0 Å². The zero-order valence-corrected chi connectivity index (χ0v) is 21.6. The van der Waals surface area contributed by atoms with Crippen LogP contribution in [0.3, 0.4) is 0 Å². The van der Waals surface area contributed by atoms with Gasteiger partial charge in [0.1, 0.15) is 5.60 Å². The van der Waals surface area contributed by atoms with Crippen LogP contribution in [-0.2, 0) is 21.8 Å². The molecule has 4 heteroatoms. The molecule has 2 aromatic rings. The summed E-state index contributed by atoms with van der Waals surface area (Å²) in [6, 6.07) is 15.7. The summed E-state index contributed by atoms with van der Waals surface area (Å²) in [5.74, 6) is 0. The molecule has 31 heavy (non-hydrogen) atoms. The molecule has 0 saturated carbocycles. The van der Waals surface area contributed by atoms with E-state index in [9.17, 15) is 9.79 Å². The molecule has 0 radical (unpaired) electrons. The van der Waals surface area contributed by atoms with Crippen LogP contribution in [0.5, 0.6) is 0 Å². The van der Waals surface area contributed by atoms with Crippen LogP contribution in [0.2, 0.25) is 0 Å². The summed E-state index contributed by atoms with van der Waals surface area (Å²) in [4.78, 5) is 21.7. The van der Waals surface area contributed by atoms with Gasteiger partial charge in [-0.05, 0) is 65.8 Å². The monoisotopic (exact) mass is 445 g/mol. The summed E-state index contributed by atoms with van der Waals surface area (Å²) in [7, 11) is -3.67. The predicted molar refractivity (Wildman–Crippen MR) is 134 cm³/mol. The topological polar surface area (TPSA) is 49.7 Å². The molecule has 0 saturated heterocycles. The average molecular weight is 446 g/mol. The molecule has 0 fully saturated rings. The fourth-order valence-corrected chi connectivity index (χ4v) is 5.26. The van der Waals surface area contributed by atoms with Gasteiger partial charge >= 0.3 is 7.94 Å². The minimum absolute atomic E-state index is 0.0217. The molecule has 2 rings (SSSR count). The normalized spacial score (nSPS) is 15.0. The zero-order chi connectivity index (χ0) is 23.5. The summed E-state index contributed by atoms with van der Waals surface area (Å²) in [6.07, 6.45) is 3.41. The highest BCUT2D eigenvalue weighted by atomic mass is 31.2. The summed E-state index contributed by atoms with van der Waals surface area (Å²) < 4.78 is 6.11. The van der Waals surface area contributed by atoms with E-state index in [1.54, 1.807) is 24.3 Å². The molecule has 1 unspecified atom stereocenters. The molecule has 3 nitrogen and oxygen atoms in total. The highest BCUT2D eigenvalue weighted by molar-refractivity contribution is 7.67. The highest BCUT2D eigenvalue weighted by Crippen LogP contribution is 2.54. The predicted octanol–water partition coefficient (Wildman–Crippen LogP) is 6.86. The van der Waals surface area contributed by atoms with Gasteiger partial charge in [0.2, 0.25) is 0 Å². The Morgan fingerprint density at radius 2 is 1.35 bits per heavy atom. The van der Waals surface area contributed by atoms with Crippen LogP contribution in [0.1, 0.15) is 91.3 Å². The van der Waals surface area contributed by atoms with E-state index in [-0.39, 0.29) is 10.8 Å². The summed E-state index contributed by atoms with van der Waals surface area (Å²) >= 11 is 0. The van der Waals surface area contributed by atoms with Crippen LogP contribution in [0, 0.1) is 0 Å². The first-order valence-electron chi connectivity index (χ1n) is 11.5. The largest absolute Gasteiger partial charge is 0.444 e. The lowest BCUT2D eigenvalue weighted by Crippen LogP contribution is -2.34. The first-order chi connectivity index (χ1) is 14.3. The Kier molecular flexibility index (Phi) is 8.15. The molecule has 0 spiro atoms. The second-order valence-corrected chi connectivity index (χ2v) is 12.1. The van der Waals surface area contributed by atoms with Crippen molar-refractivity contribution in [1.82, 2.24) is 0 Å². The van der Waals surface area contributed by atoms with Crippen LogP contribution < -0.4 is 5.30 Å². The van der Waals surface area contributed by atoms with Gasteiger partial charge < -0.3 is 0 Å². The number of rotatable bonds is 10. The molecular formula is C27H42O3P+. The SMILES string of the molecule is CCC(C)(Cc1ccc(C(C)(C)CC)cc1C(C)(C)CC)O[P+](O)(O)c1ccccc1. The van der Waals surface area contributed by atoms with Crippen LogP contribution in [0.25, 0.3) is 0 Å². The van der Waals surface area contributed by atoms with Crippen molar-refractivity contribution < 1.29 is 14.3 Å². The molecule has 2 N–H and O–H groups in total. The van der Waals surface area contributed by atoms with Crippen LogP contribution in [0.4, 0.5) is 0 Å². The fourth-order valence-electron chi connectivity index (χ4n) is 3.78. The van der Waals surface area contributed by atoms with Crippen molar-refractivity contribution in [2.75, 3.05) is 0 Å². The molecule has 0 bridgehead atoms. The molecule has 0 amide bonds. The third-order valence-electron chi connectivity index (χ3n) is 7.14. The lowest BCUT2D eigenvalue weighted by atomic mass is 9.73. The summed E-state index contributed by atoms with van der Waals surface area (Å²) in [6.45, 7) is 17.7. The quantitative estimate of drug-likeness (QED) is 0.393. The Bertz CT molecular complexity index is 858. The van der Waals surface area contributed by atoms with E-state index < -0.39 is 13.5 Å². The minimum atomic E-state index is -3.67. The van der Waals surface area contributed by atoms with Crippen molar-refractivity contribution in [3.05, 3.63) is 65.2 Å². The Morgan fingerprint density at radius 3 is 1.87 bits per heavy atom. The van der Waals surface area contributed by atoms with Crippen molar-refractivity contribution in [2.24, 2.45) is 0 Å². The Balaban J connectivity index is 2.46. The van der Waals surface area contributed by atoms with E-state index in [1.165, 1.54) is 16.7 Å². The number of hydrogen-bond acceptors (Lipinski definition) is 3. The molecule has 2 aromatic carbocycles.